The van der Waals surface area contributed by atoms with Gasteiger partial charge in [0.2, 0.25) is 17.7 Å². The third-order valence-corrected chi connectivity index (χ3v) is 4.34. The van der Waals surface area contributed by atoms with E-state index in [0.717, 1.165) is 16.5 Å². The van der Waals surface area contributed by atoms with Crippen LogP contribution in [0.15, 0.2) is 42.5 Å². The lowest BCUT2D eigenvalue weighted by atomic mass is 10.1. The molecule has 0 spiro atoms. The lowest BCUT2D eigenvalue weighted by Crippen LogP contribution is -2.45. The normalized spacial score (nSPS) is 18.6. The second-order valence-electron chi connectivity index (χ2n) is 6.04. The molecule has 3 N–H and O–H groups in total. The molecule has 3 rings (SSSR count). The predicted octanol–water partition coefficient (Wildman–Crippen LogP) is 1.18. The first-order chi connectivity index (χ1) is 11.5. The molecule has 1 fully saturated rings. The molecule has 1 saturated heterocycles. The summed E-state index contributed by atoms with van der Waals surface area (Å²) in [5, 5.41) is 4.57. The molecule has 1 aliphatic rings. The molecule has 2 unspecified atom stereocenters. The third kappa shape index (κ3) is 2.95. The van der Waals surface area contributed by atoms with E-state index in [1.54, 1.807) is 4.90 Å². The van der Waals surface area contributed by atoms with Crippen LogP contribution < -0.4 is 16.0 Å². The average molecular weight is 325 g/mol. The van der Waals surface area contributed by atoms with Crippen LogP contribution in [0, 0.1) is 5.92 Å². The van der Waals surface area contributed by atoms with Gasteiger partial charge in [0.25, 0.3) is 0 Å². The second kappa shape index (κ2) is 6.31. The molecule has 0 bridgehead atoms. The number of anilines is 1. The Labute approximate surface area is 139 Å². The highest BCUT2D eigenvalue weighted by Crippen LogP contribution is 2.31. The van der Waals surface area contributed by atoms with Crippen LogP contribution >= 0.6 is 0 Å². The van der Waals surface area contributed by atoms with Crippen molar-refractivity contribution >= 4 is 34.2 Å². The van der Waals surface area contributed by atoms with Gasteiger partial charge >= 0.3 is 0 Å². The van der Waals surface area contributed by atoms with Crippen molar-refractivity contribution in [3.05, 3.63) is 42.5 Å². The number of carbonyl (C=O) groups is 3. The average Bonchev–Trinajstić information content (AvgIpc) is 2.96. The summed E-state index contributed by atoms with van der Waals surface area (Å²) in [4.78, 5) is 37.4. The lowest BCUT2D eigenvalue weighted by Gasteiger charge is -2.19. The van der Waals surface area contributed by atoms with Crippen LogP contribution in [-0.2, 0) is 14.4 Å². The molecule has 0 radical (unpaired) electrons. The smallest absolute Gasteiger partial charge is 0.239 e. The summed E-state index contributed by atoms with van der Waals surface area (Å²) in [6.45, 7) is 1.82. The first kappa shape index (κ1) is 16.0. The monoisotopic (exact) mass is 325 g/mol. The molecule has 124 valence electrons. The molecule has 2 aromatic carbocycles. The van der Waals surface area contributed by atoms with Gasteiger partial charge in [0.05, 0.1) is 11.6 Å². The van der Waals surface area contributed by atoms with Gasteiger partial charge in [-0.15, -0.1) is 0 Å². The van der Waals surface area contributed by atoms with Crippen LogP contribution in [-0.4, -0.2) is 30.3 Å². The maximum atomic E-state index is 12.4. The highest BCUT2D eigenvalue weighted by Gasteiger charge is 2.36. The molecule has 2 aromatic rings. The molecule has 0 aliphatic carbocycles. The fourth-order valence-electron chi connectivity index (χ4n) is 2.96. The summed E-state index contributed by atoms with van der Waals surface area (Å²) in [5.41, 5.74) is 5.96. The fraction of sp³-hybridized carbons (Fsp3) is 0.278. The van der Waals surface area contributed by atoms with Gasteiger partial charge < -0.3 is 16.0 Å². The standard InChI is InChI=1S/C18H19N3O3/c1-11(17(19)23)20-18(24)13-9-16(22)21(10-13)15-8-4-6-12-5-2-3-7-14(12)15/h2-8,11,13H,9-10H2,1H3,(H2,19,23)(H,20,24). The minimum Gasteiger partial charge on any atom is -0.368 e. The zero-order valence-corrected chi connectivity index (χ0v) is 13.4. The Morgan fingerprint density at radius 1 is 1.21 bits per heavy atom. The fourth-order valence-corrected chi connectivity index (χ4v) is 2.96. The van der Waals surface area contributed by atoms with Gasteiger partial charge in [-0.2, -0.15) is 0 Å². The Hall–Kier alpha value is -2.89. The van der Waals surface area contributed by atoms with E-state index in [2.05, 4.69) is 5.32 Å². The Balaban J connectivity index is 1.82. The maximum Gasteiger partial charge on any atom is 0.239 e. The molecule has 2 atom stereocenters. The zero-order chi connectivity index (χ0) is 17.3. The van der Waals surface area contributed by atoms with Gasteiger partial charge in [0, 0.05) is 18.4 Å². The number of nitrogens with one attached hydrogen (secondary N) is 1. The summed E-state index contributed by atoms with van der Waals surface area (Å²) in [5.74, 6) is -1.51. The molecule has 0 aromatic heterocycles. The van der Waals surface area contributed by atoms with Crippen LogP contribution in [0.25, 0.3) is 10.8 Å². The van der Waals surface area contributed by atoms with Crippen LogP contribution in [0.5, 0.6) is 0 Å². The second-order valence-corrected chi connectivity index (χ2v) is 6.04. The number of nitrogens with zero attached hydrogens (tertiary/aromatic N) is 1. The molecule has 24 heavy (non-hydrogen) atoms. The summed E-state index contributed by atoms with van der Waals surface area (Å²) in [6.07, 6.45) is 0.126. The van der Waals surface area contributed by atoms with Crippen molar-refractivity contribution in [3.8, 4) is 0 Å². The number of nitrogens with two attached hydrogens (primary N) is 1. The van der Waals surface area contributed by atoms with E-state index in [9.17, 15) is 14.4 Å². The van der Waals surface area contributed by atoms with Crippen LogP contribution in [0.2, 0.25) is 0 Å². The molecule has 3 amide bonds. The van der Waals surface area contributed by atoms with Crippen molar-refractivity contribution in [2.24, 2.45) is 11.7 Å². The van der Waals surface area contributed by atoms with Gasteiger partial charge in [-0.05, 0) is 18.4 Å². The van der Waals surface area contributed by atoms with E-state index in [1.165, 1.54) is 6.92 Å². The summed E-state index contributed by atoms with van der Waals surface area (Å²) >= 11 is 0. The molecular weight excluding hydrogens is 306 g/mol. The van der Waals surface area contributed by atoms with E-state index in [4.69, 9.17) is 5.73 Å². The van der Waals surface area contributed by atoms with Crippen molar-refractivity contribution in [1.82, 2.24) is 5.32 Å². The first-order valence-corrected chi connectivity index (χ1v) is 7.85. The Morgan fingerprint density at radius 2 is 1.92 bits per heavy atom. The van der Waals surface area contributed by atoms with Crippen molar-refractivity contribution in [2.45, 2.75) is 19.4 Å². The van der Waals surface area contributed by atoms with E-state index in [0.29, 0.717) is 6.54 Å². The van der Waals surface area contributed by atoms with E-state index >= 15 is 0 Å². The van der Waals surface area contributed by atoms with Gasteiger partial charge in [0.1, 0.15) is 6.04 Å². The van der Waals surface area contributed by atoms with Crippen LogP contribution in [0.3, 0.4) is 0 Å². The number of primary amides is 1. The highest BCUT2D eigenvalue weighted by atomic mass is 16.2. The molecule has 1 heterocycles. The Kier molecular flexibility index (Phi) is 4.20. The zero-order valence-electron chi connectivity index (χ0n) is 13.4. The quantitative estimate of drug-likeness (QED) is 0.884. The third-order valence-electron chi connectivity index (χ3n) is 4.34. The number of fused-ring (bicyclic) bond motifs is 1. The van der Waals surface area contributed by atoms with Gasteiger partial charge in [-0.1, -0.05) is 36.4 Å². The van der Waals surface area contributed by atoms with Crippen LogP contribution in [0.1, 0.15) is 13.3 Å². The largest absolute Gasteiger partial charge is 0.368 e. The number of amides is 3. The Morgan fingerprint density at radius 3 is 2.67 bits per heavy atom. The number of benzene rings is 2. The Bertz CT molecular complexity index is 813. The summed E-state index contributed by atoms with van der Waals surface area (Å²) in [6, 6.07) is 12.8. The molecule has 1 aliphatic heterocycles. The van der Waals surface area contributed by atoms with Gasteiger partial charge in [-0.25, -0.2) is 0 Å². The highest BCUT2D eigenvalue weighted by molar-refractivity contribution is 6.07. The topological polar surface area (TPSA) is 92.5 Å². The number of rotatable bonds is 4. The SMILES string of the molecule is CC(NC(=O)C1CC(=O)N(c2cccc3ccccc23)C1)C(N)=O. The molecule has 0 saturated carbocycles. The minimum atomic E-state index is -0.751. The number of hydrogen-bond acceptors (Lipinski definition) is 3. The van der Waals surface area contributed by atoms with Crippen LogP contribution in [0.4, 0.5) is 5.69 Å². The van der Waals surface area contributed by atoms with Gasteiger partial charge in [-0.3, -0.25) is 14.4 Å². The van der Waals surface area contributed by atoms with Gasteiger partial charge in [0.15, 0.2) is 0 Å². The van der Waals surface area contributed by atoms with Crippen molar-refractivity contribution < 1.29 is 14.4 Å². The summed E-state index contributed by atoms with van der Waals surface area (Å²) in [7, 11) is 0. The first-order valence-electron chi connectivity index (χ1n) is 7.85. The van der Waals surface area contributed by atoms with E-state index in [1.807, 2.05) is 42.5 Å². The van der Waals surface area contributed by atoms with Crippen molar-refractivity contribution in [1.29, 1.82) is 0 Å². The molecule has 6 nitrogen and oxygen atoms in total. The van der Waals surface area contributed by atoms with E-state index < -0.39 is 17.9 Å². The number of carbonyl (C=O) groups excluding carboxylic acids is 3. The van der Waals surface area contributed by atoms with Crippen molar-refractivity contribution in [3.63, 3.8) is 0 Å². The van der Waals surface area contributed by atoms with E-state index in [-0.39, 0.29) is 18.2 Å². The minimum absolute atomic E-state index is 0.0989. The van der Waals surface area contributed by atoms with Crippen molar-refractivity contribution in [2.75, 3.05) is 11.4 Å². The maximum absolute atomic E-state index is 12.4. The molecular formula is C18H19N3O3. The summed E-state index contributed by atoms with van der Waals surface area (Å²) < 4.78 is 0. The number of hydrogen-bond donors (Lipinski definition) is 2. The molecule has 6 heteroatoms. The predicted molar refractivity (Wildman–Crippen MR) is 91.2 cm³/mol. The lowest BCUT2D eigenvalue weighted by molar-refractivity contribution is -0.129.